The molecule has 0 saturated heterocycles. The number of allylic oxidation sites excluding steroid dienone is 1. The van der Waals surface area contributed by atoms with Crippen LogP contribution < -0.4 is 20.7 Å². The summed E-state index contributed by atoms with van der Waals surface area (Å²) in [5.41, 5.74) is 2.38. The van der Waals surface area contributed by atoms with Gasteiger partial charge < -0.3 is 15.4 Å². The Morgan fingerprint density at radius 1 is 1.18 bits per heavy atom. The zero-order valence-corrected chi connectivity index (χ0v) is 18.6. The summed E-state index contributed by atoms with van der Waals surface area (Å²) in [4.78, 5) is 33.3. The van der Waals surface area contributed by atoms with Crippen molar-refractivity contribution in [3.05, 3.63) is 73.4 Å². The Bertz CT molecular complexity index is 1240. The molecule has 10 heteroatoms. The fraction of sp³-hybridized carbons (Fsp3) is 0.174. The number of nitrogens with one attached hydrogen (secondary N) is 3. The van der Waals surface area contributed by atoms with Crippen LogP contribution in [0.3, 0.4) is 0 Å². The van der Waals surface area contributed by atoms with Gasteiger partial charge in [0.2, 0.25) is 0 Å². The van der Waals surface area contributed by atoms with E-state index in [9.17, 15) is 9.59 Å². The Kier molecular flexibility index (Phi) is 7.19. The Morgan fingerprint density at radius 3 is 2.64 bits per heavy atom. The van der Waals surface area contributed by atoms with Crippen LogP contribution in [0.2, 0.25) is 0 Å². The third kappa shape index (κ3) is 5.62. The largest absolute Gasteiger partial charge is 0.495 e. The molecule has 0 saturated carbocycles. The summed E-state index contributed by atoms with van der Waals surface area (Å²) >= 11 is 0. The first-order chi connectivity index (χ1) is 15.8. The van der Waals surface area contributed by atoms with Crippen LogP contribution in [-0.2, 0) is 4.79 Å². The number of amides is 3. The van der Waals surface area contributed by atoms with E-state index in [0.717, 1.165) is 5.56 Å². The quantitative estimate of drug-likeness (QED) is 0.360. The summed E-state index contributed by atoms with van der Waals surface area (Å²) in [6, 6.07) is 4.72. The lowest BCUT2D eigenvalue weighted by Gasteiger charge is -2.13. The number of nitrogens with zero attached hydrogens (tertiary/aromatic N) is 4. The molecule has 0 unspecified atom stereocenters. The lowest BCUT2D eigenvalue weighted by molar-refractivity contribution is -0.117. The highest BCUT2D eigenvalue weighted by atomic mass is 16.5. The van der Waals surface area contributed by atoms with Gasteiger partial charge in [-0.15, -0.1) is 0 Å². The number of rotatable bonds is 8. The van der Waals surface area contributed by atoms with E-state index in [1.165, 1.54) is 12.2 Å². The smallest absolute Gasteiger partial charge is 0.324 e. The number of anilines is 1. The molecule has 3 heterocycles. The van der Waals surface area contributed by atoms with Crippen molar-refractivity contribution < 1.29 is 14.3 Å². The number of fused-ring (bicyclic) bond motifs is 1. The van der Waals surface area contributed by atoms with E-state index in [-0.39, 0.29) is 29.0 Å². The van der Waals surface area contributed by atoms with Crippen LogP contribution in [0.4, 0.5) is 10.6 Å². The highest BCUT2D eigenvalue weighted by Crippen LogP contribution is 2.21. The molecule has 0 aliphatic rings. The maximum atomic E-state index is 12.5. The minimum absolute atomic E-state index is 0.0736. The Morgan fingerprint density at radius 2 is 1.97 bits per heavy atom. The van der Waals surface area contributed by atoms with E-state index in [1.54, 1.807) is 42.3 Å². The van der Waals surface area contributed by atoms with Crippen molar-refractivity contribution in [2.45, 2.75) is 19.9 Å². The molecule has 3 aromatic heterocycles. The van der Waals surface area contributed by atoms with E-state index >= 15 is 0 Å². The van der Waals surface area contributed by atoms with Crippen molar-refractivity contribution in [2.24, 2.45) is 0 Å². The van der Waals surface area contributed by atoms with E-state index in [2.05, 4.69) is 44.2 Å². The van der Waals surface area contributed by atoms with E-state index in [0.29, 0.717) is 17.1 Å². The molecule has 170 valence electrons. The standard InChI is InChI=1S/C23H25N7O3/c1-6-17(22(31)25-14(3)4)18(7-2)26-23(32)28-20-13-30-21(27-20)9-8-19(29-30)15-10-16(33-5)12-24-11-15/h6-14H,1-2H2,3-5H3,(H,25,31)(H2,26,28,32)/b18-17-. The van der Waals surface area contributed by atoms with Crippen molar-refractivity contribution in [3.63, 3.8) is 0 Å². The number of imidazole rings is 1. The number of aromatic nitrogens is 4. The predicted octanol–water partition coefficient (Wildman–Crippen LogP) is 3.07. The van der Waals surface area contributed by atoms with Gasteiger partial charge in [-0.3, -0.25) is 15.1 Å². The van der Waals surface area contributed by atoms with Crippen LogP contribution in [0, 0.1) is 0 Å². The monoisotopic (exact) mass is 447 g/mol. The summed E-state index contributed by atoms with van der Waals surface area (Å²) in [6.45, 7) is 11.0. The predicted molar refractivity (Wildman–Crippen MR) is 126 cm³/mol. The molecule has 0 spiro atoms. The zero-order chi connectivity index (χ0) is 24.0. The fourth-order valence-corrected chi connectivity index (χ4v) is 2.93. The lowest BCUT2D eigenvalue weighted by Crippen LogP contribution is -2.34. The van der Waals surface area contributed by atoms with Gasteiger partial charge >= 0.3 is 6.03 Å². The van der Waals surface area contributed by atoms with Gasteiger partial charge in [0.1, 0.15) is 5.75 Å². The molecule has 0 fully saturated rings. The van der Waals surface area contributed by atoms with Crippen LogP contribution in [0.1, 0.15) is 13.8 Å². The number of carbonyl (C=O) groups is 2. The molecule has 3 aromatic rings. The van der Waals surface area contributed by atoms with E-state index in [4.69, 9.17) is 4.74 Å². The van der Waals surface area contributed by atoms with Gasteiger partial charge in [-0.2, -0.15) is 5.10 Å². The summed E-state index contributed by atoms with van der Waals surface area (Å²) in [6.07, 6.45) is 7.59. The third-order valence-corrected chi connectivity index (χ3v) is 4.42. The van der Waals surface area contributed by atoms with Crippen molar-refractivity contribution in [1.82, 2.24) is 30.2 Å². The first-order valence-electron chi connectivity index (χ1n) is 10.1. The minimum atomic E-state index is -0.595. The average molecular weight is 447 g/mol. The second kappa shape index (κ2) is 10.2. The van der Waals surface area contributed by atoms with Crippen LogP contribution in [0.5, 0.6) is 5.75 Å². The number of hydrogen-bond donors (Lipinski definition) is 3. The topological polar surface area (TPSA) is 123 Å². The highest BCUT2D eigenvalue weighted by molar-refractivity contribution is 5.99. The Labute approximate surface area is 191 Å². The molecule has 0 aliphatic heterocycles. The first-order valence-corrected chi connectivity index (χ1v) is 10.1. The van der Waals surface area contributed by atoms with Crippen molar-refractivity contribution in [1.29, 1.82) is 0 Å². The molecule has 10 nitrogen and oxygen atoms in total. The van der Waals surface area contributed by atoms with Crippen LogP contribution in [0.25, 0.3) is 16.9 Å². The maximum absolute atomic E-state index is 12.5. The van der Waals surface area contributed by atoms with Crippen molar-refractivity contribution >= 4 is 23.4 Å². The normalized spacial score (nSPS) is 11.5. The first kappa shape index (κ1) is 23.2. The molecule has 0 bridgehead atoms. The summed E-state index contributed by atoms with van der Waals surface area (Å²) in [7, 11) is 1.57. The molecule has 33 heavy (non-hydrogen) atoms. The second-order valence-corrected chi connectivity index (χ2v) is 7.20. The summed E-state index contributed by atoms with van der Waals surface area (Å²) in [5.74, 6) is 0.522. The summed E-state index contributed by atoms with van der Waals surface area (Å²) in [5, 5.41) is 12.5. The van der Waals surface area contributed by atoms with Gasteiger partial charge in [-0.25, -0.2) is 14.3 Å². The highest BCUT2D eigenvalue weighted by Gasteiger charge is 2.15. The molecule has 3 rings (SSSR count). The number of ether oxygens (including phenoxy) is 1. The van der Waals surface area contributed by atoms with E-state index in [1.807, 2.05) is 19.9 Å². The Hall–Kier alpha value is -4.47. The SMILES string of the molecule is C=C/C(NC(=O)Nc1cn2nc(-c3cncc(OC)c3)ccc2n1)=C(\C=C)C(=O)NC(C)C. The van der Waals surface area contributed by atoms with Crippen molar-refractivity contribution in [3.8, 4) is 17.0 Å². The molecular weight excluding hydrogens is 422 g/mol. The fourth-order valence-electron chi connectivity index (χ4n) is 2.93. The molecule has 0 aliphatic carbocycles. The number of hydrogen-bond acceptors (Lipinski definition) is 6. The number of pyridine rings is 1. The molecular formula is C23H25N7O3. The molecule has 0 aromatic carbocycles. The maximum Gasteiger partial charge on any atom is 0.324 e. The molecule has 0 radical (unpaired) electrons. The van der Waals surface area contributed by atoms with Crippen LogP contribution >= 0.6 is 0 Å². The van der Waals surface area contributed by atoms with Crippen molar-refractivity contribution in [2.75, 3.05) is 12.4 Å². The zero-order valence-electron chi connectivity index (χ0n) is 18.6. The number of carbonyl (C=O) groups excluding carboxylic acids is 2. The third-order valence-electron chi connectivity index (χ3n) is 4.42. The van der Waals surface area contributed by atoms with Gasteiger partial charge in [0, 0.05) is 17.8 Å². The number of urea groups is 1. The van der Waals surface area contributed by atoms with Crippen LogP contribution in [0.15, 0.2) is 73.4 Å². The van der Waals surface area contributed by atoms with Crippen LogP contribution in [-0.4, -0.2) is 44.7 Å². The van der Waals surface area contributed by atoms with Gasteiger partial charge in [-0.1, -0.05) is 19.2 Å². The van der Waals surface area contributed by atoms with Gasteiger partial charge in [0.05, 0.1) is 36.5 Å². The molecule has 3 amide bonds. The van der Waals surface area contributed by atoms with Gasteiger partial charge in [0.25, 0.3) is 5.91 Å². The van der Waals surface area contributed by atoms with E-state index < -0.39 is 6.03 Å². The van der Waals surface area contributed by atoms with Gasteiger partial charge in [0.15, 0.2) is 11.5 Å². The average Bonchev–Trinajstić information content (AvgIpc) is 3.19. The summed E-state index contributed by atoms with van der Waals surface area (Å²) < 4.78 is 6.75. The molecule has 0 atom stereocenters. The lowest BCUT2D eigenvalue weighted by atomic mass is 10.1. The molecule has 3 N–H and O–H groups in total. The van der Waals surface area contributed by atoms with Gasteiger partial charge in [-0.05, 0) is 38.1 Å². The number of methoxy groups -OCH3 is 1. The minimum Gasteiger partial charge on any atom is -0.495 e. The Balaban J connectivity index is 1.79. The second-order valence-electron chi connectivity index (χ2n) is 7.20.